The highest BCUT2D eigenvalue weighted by Gasteiger charge is 2.12. The van der Waals surface area contributed by atoms with E-state index in [1.807, 2.05) is 13.2 Å². The Morgan fingerprint density at radius 3 is 2.50 bits per heavy atom. The fraction of sp³-hybridized carbons (Fsp3) is 0.778. The summed E-state index contributed by atoms with van der Waals surface area (Å²) in [6.45, 7) is 2.67. The Hall–Kier alpha value is -0.950. The van der Waals surface area contributed by atoms with Crippen LogP contribution in [0.4, 0.5) is 4.79 Å². The van der Waals surface area contributed by atoms with Crippen molar-refractivity contribution < 1.29 is 19.8 Å². The monoisotopic (exact) mass is 250 g/mol. The van der Waals surface area contributed by atoms with Gasteiger partial charge in [0.05, 0.1) is 0 Å². The van der Waals surface area contributed by atoms with Gasteiger partial charge in [0.1, 0.15) is 0 Å². The predicted molar refractivity (Wildman–Crippen MR) is 62.6 cm³/mol. The molecule has 0 rings (SSSR count). The van der Waals surface area contributed by atoms with Gasteiger partial charge in [-0.2, -0.15) is 11.8 Å². The summed E-state index contributed by atoms with van der Waals surface area (Å²) in [5, 5.41) is 22.7. The number of carboxylic acids is 1. The molecule has 0 aromatic carbocycles. The fourth-order valence-corrected chi connectivity index (χ4v) is 1.08. The second kappa shape index (κ2) is 8.23. The third kappa shape index (κ3) is 7.36. The molecule has 0 aromatic rings. The van der Waals surface area contributed by atoms with Gasteiger partial charge in [0.15, 0.2) is 6.10 Å². The molecule has 0 aliphatic rings. The fourth-order valence-electron chi connectivity index (χ4n) is 0.828. The predicted octanol–water partition coefficient (Wildman–Crippen LogP) is -0.127. The molecule has 0 saturated heterocycles. The quantitative estimate of drug-likeness (QED) is 0.504. The lowest BCUT2D eigenvalue weighted by molar-refractivity contribution is -0.146. The highest BCUT2D eigenvalue weighted by Crippen LogP contribution is 2.01. The summed E-state index contributed by atoms with van der Waals surface area (Å²) in [7, 11) is 0. The summed E-state index contributed by atoms with van der Waals surface area (Å²) < 4.78 is 0. The van der Waals surface area contributed by atoms with Crippen LogP contribution in [0.5, 0.6) is 0 Å². The highest BCUT2D eigenvalue weighted by molar-refractivity contribution is 7.99. The molecule has 0 aliphatic carbocycles. The van der Waals surface area contributed by atoms with Gasteiger partial charge in [-0.1, -0.05) is 6.92 Å². The number of aliphatic hydroxyl groups is 1. The van der Waals surface area contributed by atoms with Crippen LogP contribution in [0, 0.1) is 0 Å². The molecule has 0 bridgehead atoms. The van der Waals surface area contributed by atoms with Gasteiger partial charge in [0.2, 0.25) is 0 Å². The van der Waals surface area contributed by atoms with Gasteiger partial charge in [-0.15, -0.1) is 0 Å². The molecule has 0 aromatic heterocycles. The average molecular weight is 250 g/mol. The van der Waals surface area contributed by atoms with E-state index in [0.717, 1.165) is 0 Å². The van der Waals surface area contributed by atoms with Crippen molar-refractivity contribution in [3.63, 3.8) is 0 Å². The van der Waals surface area contributed by atoms with Crippen LogP contribution in [0.1, 0.15) is 13.3 Å². The van der Waals surface area contributed by atoms with E-state index >= 15 is 0 Å². The normalized spacial score (nSPS) is 13.9. The first kappa shape index (κ1) is 15.0. The van der Waals surface area contributed by atoms with Crippen LogP contribution >= 0.6 is 11.8 Å². The van der Waals surface area contributed by atoms with Crippen molar-refractivity contribution in [3.05, 3.63) is 0 Å². The van der Waals surface area contributed by atoms with Crippen molar-refractivity contribution in [3.8, 4) is 0 Å². The number of aliphatic carboxylic acids is 1. The van der Waals surface area contributed by atoms with Crippen LogP contribution in [-0.2, 0) is 4.79 Å². The smallest absolute Gasteiger partial charge is 0.332 e. The molecule has 6 nitrogen and oxygen atoms in total. The molecule has 16 heavy (non-hydrogen) atoms. The maximum absolute atomic E-state index is 11.2. The highest BCUT2D eigenvalue weighted by atomic mass is 32.2. The van der Waals surface area contributed by atoms with Crippen LogP contribution in [0.3, 0.4) is 0 Å². The Bertz CT molecular complexity index is 238. The number of aliphatic hydroxyl groups excluding tert-OH is 1. The number of nitrogens with one attached hydrogen (secondary N) is 2. The zero-order valence-electron chi connectivity index (χ0n) is 9.40. The Labute approximate surface area is 98.8 Å². The van der Waals surface area contributed by atoms with Gasteiger partial charge in [-0.25, -0.2) is 9.59 Å². The van der Waals surface area contributed by atoms with Crippen molar-refractivity contribution in [2.45, 2.75) is 24.7 Å². The second-order valence-electron chi connectivity index (χ2n) is 3.33. The minimum absolute atomic E-state index is 0.000828. The molecule has 0 aliphatic heterocycles. The van der Waals surface area contributed by atoms with Crippen LogP contribution < -0.4 is 10.6 Å². The summed E-state index contributed by atoms with van der Waals surface area (Å²) in [5.74, 6) is -1.28. The van der Waals surface area contributed by atoms with Crippen molar-refractivity contribution in [1.29, 1.82) is 0 Å². The van der Waals surface area contributed by atoms with Crippen molar-refractivity contribution in [2.24, 2.45) is 0 Å². The second-order valence-corrected chi connectivity index (χ2v) is 4.60. The van der Waals surface area contributed by atoms with E-state index in [1.54, 1.807) is 11.8 Å². The molecule has 2 amide bonds. The largest absolute Gasteiger partial charge is 0.479 e. The summed E-state index contributed by atoms with van der Waals surface area (Å²) in [5.41, 5.74) is 0. The minimum atomic E-state index is -1.43. The average Bonchev–Trinajstić information content (AvgIpc) is 2.25. The van der Waals surface area contributed by atoms with Crippen LogP contribution in [0.15, 0.2) is 0 Å². The van der Waals surface area contributed by atoms with Gasteiger partial charge in [0, 0.05) is 24.8 Å². The lowest BCUT2D eigenvalue weighted by Gasteiger charge is -2.11. The van der Waals surface area contributed by atoms with Crippen LogP contribution in [-0.4, -0.2) is 52.9 Å². The molecule has 0 fully saturated rings. The first-order chi connectivity index (χ1) is 7.47. The number of urea groups is 1. The Morgan fingerprint density at radius 2 is 2.00 bits per heavy atom. The number of rotatable bonds is 7. The lowest BCUT2D eigenvalue weighted by atomic mass is 10.2. The molecule has 2 atom stereocenters. The SMILES string of the molecule is CSC(C)CNC(=O)NCC[C@H](O)C(=O)O. The number of amides is 2. The van der Waals surface area contributed by atoms with E-state index in [4.69, 9.17) is 10.2 Å². The summed E-state index contributed by atoms with van der Waals surface area (Å²) in [6, 6.07) is -0.349. The summed E-state index contributed by atoms with van der Waals surface area (Å²) >= 11 is 1.64. The molecular formula is C9H18N2O4S. The molecule has 0 radical (unpaired) electrons. The van der Waals surface area contributed by atoms with E-state index in [1.165, 1.54) is 0 Å². The first-order valence-corrected chi connectivity index (χ1v) is 6.21. The first-order valence-electron chi connectivity index (χ1n) is 4.92. The number of carbonyl (C=O) groups excluding carboxylic acids is 1. The summed E-state index contributed by atoms with van der Waals surface area (Å²) in [4.78, 5) is 21.4. The summed E-state index contributed by atoms with van der Waals surface area (Å²) in [6.07, 6.45) is 0.527. The maximum atomic E-state index is 11.2. The third-order valence-corrected chi connectivity index (χ3v) is 2.91. The minimum Gasteiger partial charge on any atom is -0.479 e. The number of hydrogen-bond donors (Lipinski definition) is 4. The Balaban J connectivity index is 3.55. The molecule has 0 heterocycles. The van der Waals surface area contributed by atoms with Gasteiger partial charge < -0.3 is 20.8 Å². The van der Waals surface area contributed by atoms with E-state index in [-0.39, 0.29) is 19.0 Å². The molecular weight excluding hydrogens is 232 g/mol. The van der Waals surface area contributed by atoms with Gasteiger partial charge in [-0.05, 0) is 6.26 Å². The Morgan fingerprint density at radius 1 is 1.38 bits per heavy atom. The number of carboxylic acid groups (broad SMARTS) is 1. The number of carbonyl (C=O) groups is 2. The van der Waals surface area contributed by atoms with Crippen molar-refractivity contribution in [2.75, 3.05) is 19.3 Å². The third-order valence-electron chi connectivity index (χ3n) is 1.94. The molecule has 1 unspecified atom stereocenters. The van der Waals surface area contributed by atoms with Gasteiger partial charge in [0.25, 0.3) is 0 Å². The molecule has 4 N–H and O–H groups in total. The van der Waals surface area contributed by atoms with E-state index in [2.05, 4.69) is 10.6 Å². The zero-order valence-corrected chi connectivity index (χ0v) is 10.2. The van der Waals surface area contributed by atoms with Gasteiger partial charge in [-0.3, -0.25) is 0 Å². The molecule has 0 spiro atoms. The van der Waals surface area contributed by atoms with E-state index in [0.29, 0.717) is 11.8 Å². The lowest BCUT2D eigenvalue weighted by Crippen LogP contribution is -2.40. The molecule has 94 valence electrons. The molecule has 7 heteroatoms. The van der Waals surface area contributed by atoms with E-state index in [9.17, 15) is 9.59 Å². The zero-order chi connectivity index (χ0) is 12.6. The van der Waals surface area contributed by atoms with E-state index < -0.39 is 12.1 Å². The van der Waals surface area contributed by atoms with Gasteiger partial charge >= 0.3 is 12.0 Å². The van der Waals surface area contributed by atoms with Crippen molar-refractivity contribution >= 4 is 23.8 Å². The number of thioether (sulfide) groups is 1. The topological polar surface area (TPSA) is 98.7 Å². The Kier molecular flexibility index (Phi) is 7.74. The number of hydrogen-bond acceptors (Lipinski definition) is 4. The maximum Gasteiger partial charge on any atom is 0.332 e. The van der Waals surface area contributed by atoms with Crippen LogP contribution in [0.25, 0.3) is 0 Å². The standard InChI is InChI=1S/C9H18N2O4S/c1-6(16-2)5-11-9(15)10-4-3-7(12)8(13)14/h6-7,12H,3-5H2,1-2H3,(H,13,14)(H2,10,11,15)/t6?,7-/m0/s1. The molecule has 0 saturated carbocycles. The van der Waals surface area contributed by atoms with Crippen LogP contribution in [0.2, 0.25) is 0 Å². The van der Waals surface area contributed by atoms with Crippen molar-refractivity contribution in [1.82, 2.24) is 10.6 Å².